The summed E-state index contributed by atoms with van der Waals surface area (Å²) in [5, 5.41) is 18.8. The summed E-state index contributed by atoms with van der Waals surface area (Å²) >= 11 is 0. The number of aliphatic hydroxyl groups is 2. The molecule has 2 N–H and O–H groups in total. The van der Waals surface area contributed by atoms with Crippen molar-refractivity contribution in [3.8, 4) is 5.75 Å². The molecule has 0 amide bonds. The van der Waals surface area contributed by atoms with Crippen LogP contribution in [0.15, 0.2) is 33.9 Å². The molecule has 4 rings (SSSR count). The van der Waals surface area contributed by atoms with Crippen LogP contribution in [0.1, 0.15) is 6.92 Å². The molecule has 0 aliphatic carbocycles. The zero-order chi connectivity index (χ0) is 20.7. The number of hydrogen-bond donors (Lipinski definition) is 2. The summed E-state index contributed by atoms with van der Waals surface area (Å²) in [4.78, 5) is 32.1. The van der Waals surface area contributed by atoms with Crippen LogP contribution in [-0.4, -0.2) is 54.8 Å². The highest BCUT2D eigenvalue weighted by atomic mass is 16.5. The lowest BCUT2D eigenvalue weighted by atomic mass is 10.3. The number of nitrogens with zero attached hydrogens (tertiary/aromatic N) is 5. The second-order valence-electron chi connectivity index (χ2n) is 6.91. The molecule has 1 aromatic carbocycles. The number of hydrogen-bond acceptors (Lipinski definition) is 7. The first-order valence-electron chi connectivity index (χ1n) is 9.45. The molecule has 0 bridgehead atoms. The molecule has 1 atom stereocenters. The van der Waals surface area contributed by atoms with Crippen molar-refractivity contribution in [2.75, 3.05) is 24.7 Å². The van der Waals surface area contributed by atoms with Gasteiger partial charge in [-0.25, -0.2) is 4.79 Å². The van der Waals surface area contributed by atoms with Crippen molar-refractivity contribution in [3.63, 3.8) is 0 Å². The Morgan fingerprint density at radius 3 is 2.59 bits per heavy atom. The number of aliphatic hydroxyl groups excluding tert-OH is 2. The van der Waals surface area contributed by atoms with Gasteiger partial charge in [-0.05, 0) is 31.2 Å². The molecule has 1 unspecified atom stereocenters. The molecule has 1 aliphatic rings. The van der Waals surface area contributed by atoms with Crippen LogP contribution in [0.4, 0.5) is 11.6 Å². The molecule has 0 saturated heterocycles. The highest BCUT2D eigenvalue weighted by Gasteiger charge is 2.29. The number of aromatic nitrogens is 4. The fourth-order valence-corrected chi connectivity index (χ4v) is 3.64. The molecule has 29 heavy (non-hydrogen) atoms. The Labute approximate surface area is 165 Å². The average molecular weight is 401 g/mol. The molecule has 0 spiro atoms. The van der Waals surface area contributed by atoms with Crippen LogP contribution in [0, 0.1) is 0 Å². The molecule has 0 fully saturated rings. The van der Waals surface area contributed by atoms with Crippen LogP contribution in [-0.2, 0) is 20.1 Å². The maximum absolute atomic E-state index is 13.0. The summed E-state index contributed by atoms with van der Waals surface area (Å²) in [6.07, 6.45) is -1.20. The summed E-state index contributed by atoms with van der Waals surface area (Å²) in [6.45, 7) is 2.87. The van der Waals surface area contributed by atoms with Gasteiger partial charge >= 0.3 is 5.69 Å². The zero-order valence-electron chi connectivity index (χ0n) is 16.3. The minimum absolute atomic E-state index is 0.277. The third kappa shape index (κ3) is 3.10. The predicted molar refractivity (Wildman–Crippen MR) is 107 cm³/mol. The minimum atomic E-state index is -1.20. The minimum Gasteiger partial charge on any atom is -0.494 e. The Bertz CT molecular complexity index is 1160. The van der Waals surface area contributed by atoms with Crippen molar-refractivity contribution in [3.05, 3.63) is 45.1 Å². The second-order valence-corrected chi connectivity index (χ2v) is 6.91. The number of imidazole rings is 1. The highest BCUT2D eigenvalue weighted by molar-refractivity contribution is 5.77. The van der Waals surface area contributed by atoms with Gasteiger partial charge in [-0.2, -0.15) is 4.98 Å². The molecule has 154 valence electrons. The van der Waals surface area contributed by atoms with Gasteiger partial charge in [0.1, 0.15) is 5.75 Å². The van der Waals surface area contributed by atoms with Gasteiger partial charge in [-0.3, -0.25) is 13.9 Å². The van der Waals surface area contributed by atoms with Gasteiger partial charge in [0.25, 0.3) is 5.56 Å². The molecule has 1 aliphatic heterocycles. The second kappa shape index (κ2) is 7.37. The number of benzene rings is 1. The Balaban J connectivity index is 1.82. The summed E-state index contributed by atoms with van der Waals surface area (Å²) in [7, 11) is 1.54. The van der Waals surface area contributed by atoms with Crippen molar-refractivity contribution < 1.29 is 14.9 Å². The van der Waals surface area contributed by atoms with E-state index in [-0.39, 0.29) is 6.54 Å². The van der Waals surface area contributed by atoms with E-state index in [4.69, 9.17) is 9.84 Å². The van der Waals surface area contributed by atoms with Crippen molar-refractivity contribution >= 4 is 22.8 Å². The van der Waals surface area contributed by atoms with Crippen LogP contribution >= 0.6 is 0 Å². The number of anilines is 2. The smallest absolute Gasteiger partial charge is 0.332 e. The summed E-state index contributed by atoms with van der Waals surface area (Å²) in [6, 6.07) is 7.61. The van der Waals surface area contributed by atoms with Crippen LogP contribution in [0.3, 0.4) is 0 Å². The van der Waals surface area contributed by atoms with E-state index < -0.39 is 24.0 Å². The van der Waals surface area contributed by atoms with E-state index in [1.165, 1.54) is 11.6 Å². The third-order valence-corrected chi connectivity index (χ3v) is 5.06. The van der Waals surface area contributed by atoms with Gasteiger partial charge in [-0.15, -0.1) is 0 Å². The normalized spacial score (nSPS) is 14.4. The SMILES string of the molecule is CCOc1ccc(N2CCn3c2nc2c3c(=O)n(CC(O)CO)c(=O)n2C)cc1. The van der Waals surface area contributed by atoms with Gasteiger partial charge < -0.3 is 24.4 Å². The lowest BCUT2D eigenvalue weighted by molar-refractivity contribution is 0.0791. The van der Waals surface area contributed by atoms with Crippen molar-refractivity contribution in [2.24, 2.45) is 7.05 Å². The monoisotopic (exact) mass is 401 g/mol. The third-order valence-electron chi connectivity index (χ3n) is 5.06. The van der Waals surface area contributed by atoms with Gasteiger partial charge in [0.15, 0.2) is 11.2 Å². The molecule has 3 aromatic rings. The summed E-state index contributed by atoms with van der Waals surface area (Å²) in [5.41, 5.74) is 0.395. The topological polar surface area (TPSA) is 115 Å². The Hall–Kier alpha value is -3.11. The fraction of sp³-hybridized carbons (Fsp3) is 0.421. The molecule has 10 nitrogen and oxygen atoms in total. The Kier molecular flexibility index (Phi) is 4.89. The zero-order valence-corrected chi connectivity index (χ0v) is 16.3. The van der Waals surface area contributed by atoms with Gasteiger partial charge in [0, 0.05) is 25.8 Å². The number of ether oxygens (including phenoxy) is 1. The van der Waals surface area contributed by atoms with Gasteiger partial charge in [0.05, 0.1) is 25.9 Å². The largest absolute Gasteiger partial charge is 0.494 e. The Morgan fingerprint density at radius 1 is 1.21 bits per heavy atom. The van der Waals surface area contributed by atoms with Crippen molar-refractivity contribution in [1.82, 2.24) is 18.7 Å². The average Bonchev–Trinajstić information content (AvgIpc) is 3.29. The molecular weight excluding hydrogens is 378 g/mol. The number of rotatable bonds is 6. The molecule has 0 saturated carbocycles. The standard InChI is InChI=1S/C19H23N5O5/c1-3-29-14-6-4-12(5-7-14)22-8-9-23-15-16(20-18(22)23)21(2)19(28)24(17(15)27)10-13(26)11-25/h4-7,13,25-26H,3,8-11H2,1-2H3. The first-order valence-corrected chi connectivity index (χ1v) is 9.45. The summed E-state index contributed by atoms with van der Waals surface area (Å²) in [5.74, 6) is 1.35. The number of aryl methyl sites for hydroxylation is 1. The van der Waals surface area contributed by atoms with E-state index in [1.54, 1.807) is 4.57 Å². The number of fused-ring (bicyclic) bond motifs is 3. The van der Waals surface area contributed by atoms with E-state index in [1.807, 2.05) is 36.1 Å². The molecular formula is C19H23N5O5. The van der Waals surface area contributed by atoms with Crippen LogP contribution in [0.25, 0.3) is 11.2 Å². The first-order chi connectivity index (χ1) is 14.0. The van der Waals surface area contributed by atoms with E-state index in [2.05, 4.69) is 4.98 Å². The van der Waals surface area contributed by atoms with Gasteiger partial charge in [0.2, 0.25) is 5.95 Å². The molecule has 2 aromatic heterocycles. The summed E-state index contributed by atoms with van der Waals surface area (Å²) < 4.78 is 9.50. The Morgan fingerprint density at radius 2 is 1.93 bits per heavy atom. The van der Waals surface area contributed by atoms with Crippen molar-refractivity contribution in [1.29, 1.82) is 0 Å². The van der Waals surface area contributed by atoms with Gasteiger partial charge in [-0.1, -0.05) is 0 Å². The molecule has 0 radical (unpaired) electrons. The molecule has 3 heterocycles. The highest BCUT2D eigenvalue weighted by Crippen LogP contribution is 2.32. The lowest BCUT2D eigenvalue weighted by Crippen LogP contribution is -2.42. The van der Waals surface area contributed by atoms with E-state index in [0.29, 0.717) is 36.8 Å². The van der Waals surface area contributed by atoms with Crippen LogP contribution in [0.5, 0.6) is 5.75 Å². The predicted octanol–water partition coefficient (Wildman–Crippen LogP) is -0.200. The van der Waals surface area contributed by atoms with Crippen LogP contribution in [0.2, 0.25) is 0 Å². The maximum atomic E-state index is 13.0. The lowest BCUT2D eigenvalue weighted by Gasteiger charge is -2.16. The van der Waals surface area contributed by atoms with E-state index in [0.717, 1.165) is 16.0 Å². The van der Waals surface area contributed by atoms with Crippen LogP contribution < -0.4 is 20.9 Å². The first kappa shape index (κ1) is 19.2. The maximum Gasteiger partial charge on any atom is 0.332 e. The molecule has 10 heteroatoms. The van der Waals surface area contributed by atoms with Crippen molar-refractivity contribution in [2.45, 2.75) is 26.1 Å². The van der Waals surface area contributed by atoms with E-state index in [9.17, 15) is 14.7 Å². The fourth-order valence-electron chi connectivity index (χ4n) is 3.64. The van der Waals surface area contributed by atoms with E-state index >= 15 is 0 Å². The quantitative estimate of drug-likeness (QED) is 0.588.